The van der Waals surface area contributed by atoms with Gasteiger partial charge in [0.2, 0.25) is 0 Å². The first-order valence-electron chi connectivity index (χ1n) is 5.70. The molecule has 2 rings (SSSR count). The van der Waals surface area contributed by atoms with Gasteiger partial charge in [-0.1, -0.05) is 31.2 Å². The summed E-state index contributed by atoms with van der Waals surface area (Å²) in [6.45, 7) is 1.43. The Labute approximate surface area is 116 Å². The molecule has 6 nitrogen and oxygen atoms in total. The number of nitrogen functional groups attached to an aromatic ring is 1. The topological polar surface area (TPSA) is 115 Å². The van der Waals surface area contributed by atoms with Crippen molar-refractivity contribution in [1.82, 2.24) is 0 Å². The zero-order valence-corrected chi connectivity index (χ0v) is 12.2. The molecule has 108 valence electrons. The van der Waals surface area contributed by atoms with Gasteiger partial charge < -0.3 is 5.73 Å². The minimum Gasteiger partial charge on any atom is -0.397 e. The van der Waals surface area contributed by atoms with Crippen molar-refractivity contribution >= 4 is 36.4 Å². The second kappa shape index (κ2) is 4.72. The SMILES string of the molecule is CCS(=O)(=O)c1cc2ccccc2c(S(=O)(=O)O)c1N. The number of hydrogen-bond acceptors (Lipinski definition) is 5. The van der Waals surface area contributed by atoms with E-state index in [1.807, 2.05) is 0 Å². The van der Waals surface area contributed by atoms with E-state index in [2.05, 4.69) is 0 Å². The van der Waals surface area contributed by atoms with Gasteiger partial charge in [0, 0.05) is 5.39 Å². The van der Waals surface area contributed by atoms with Crippen molar-refractivity contribution in [1.29, 1.82) is 0 Å². The van der Waals surface area contributed by atoms with E-state index in [4.69, 9.17) is 5.73 Å². The lowest BCUT2D eigenvalue weighted by Gasteiger charge is -2.12. The molecule has 0 spiro atoms. The molecule has 3 N–H and O–H groups in total. The van der Waals surface area contributed by atoms with Gasteiger partial charge in [-0.3, -0.25) is 4.55 Å². The molecule has 0 unspecified atom stereocenters. The fourth-order valence-corrected chi connectivity index (χ4v) is 3.97. The third-order valence-electron chi connectivity index (χ3n) is 2.98. The Morgan fingerprint density at radius 1 is 1.15 bits per heavy atom. The van der Waals surface area contributed by atoms with Crippen LogP contribution in [0.25, 0.3) is 10.8 Å². The molecule has 2 aromatic rings. The summed E-state index contributed by atoms with van der Waals surface area (Å²) < 4.78 is 56.3. The molecule has 0 radical (unpaired) electrons. The fraction of sp³-hybridized carbons (Fsp3) is 0.167. The van der Waals surface area contributed by atoms with Crippen LogP contribution in [0.1, 0.15) is 6.92 Å². The molecule has 0 aromatic heterocycles. The molecular formula is C12H13NO5S2. The summed E-state index contributed by atoms with van der Waals surface area (Å²) in [4.78, 5) is -0.853. The molecule has 2 aromatic carbocycles. The average Bonchev–Trinajstić information content (AvgIpc) is 2.36. The van der Waals surface area contributed by atoms with E-state index in [1.54, 1.807) is 18.2 Å². The molecule has 8 heteroatoms. The van der Waals surface area contributed by atoms with Crippen molar-refractivity contribution in [3.05, 3.63) is 30.3 Å². The minimum absolute atomic E-state index is 0.183. The van der Waals surface area contributed by atoms with Gasteiger partial charge in [-0.05, 0) is 11.5 Å². The number of hydrogen-bond donors (Lipinski definition) is 2. The van der Waals surface area contributed by atoms with Gasteiger partial charge in [0.1, 0.15) is 4.90 Å². The number of benzene rings is 2. The van der Waals surface area contributed by atoms with Crippen molar-refractivity contribution in [3.63, 3.8) is 0 Å². The van der Waals surface area contributed by atoms with E-state index in [1.165, 1.54) is 19.1 Å². The second-order valence-corrected chi connectivity index (χ2v) is 7.82. The molecule has 0 saturated carbocycles. The van der Waals surface area contributed by atoms with Gasteiger partial charge in [0.15, 0.2) is 9.84 Å². The molecule has 0 aliphatic rings. The molecule has 0 heterocycles. The number of fused-ring (bicyclic) bond motifs is 1. The highest BCUT2D eigenvalue weighted by molar-refractivity contribution is 7.91. The third kappa shape index (κ3) is 2.37. The minimum atomic E-state index is -4.64. The van der Waals surface area contributed by atoms with Crippen LogP contribution in [0.5, 0.6) is 0 Å². The third-order valence-corrected chi connectivity index (χ3v) is 5.70. The van der Waals surface area contributed by atoms with Crippen LogP contribution in [-0.4, -0.2) is 27.1 Å². The van der Waals surface area contributed by atoms with Crippen LogP contribution in [0.3, 0.4) is 0 Å². The Morgan fingerprint density at radius 2 is 1.75 bits per heavy atom. The molecule has 0 atom stereocenters. The lowest BCUT2D eigenvalue weighted by atomic mass is 10.1. The number of sulfone groups is 1. The molecule has 0 aliphatic heterocycles. The lowest BCUT2D eigenvalue weighted by Crippen LogP contribution is -2.12. The second-order valence-electron chi connectivity index (χ2n) is 4.22. The number of anilines is 1. The molecular weight excluding hydrogens is 302 g/mol. The van der Waals surface area contributed by atoms with Crippen LogP contribution in [0.2, 0.25) is 0 Å². The highest BCUT2D eigenvalue weighted by atomic mass is 32.2. The Balaban J connectivity index is 3.07. The molecule has 20 heavy (non-hydrogen) atoms. The Hall–Kier alpha value is -1.64. The first-order chi connectivity index (χ1) is 9.18. The number of nitrogens with two attached hydrogens (primary N) is 1. The van der Waals surface area contributed by atoms with Gasteiger partial charge in [-0.2, -0.15) is 8.42 Å². The van der Waals surface area contributed by atoms with E-state index in [9.17, 15) is 21.4 Å². The van der Waals surface area contributed by atoms with Crippen molar-refractivity contribution in [2.24, 2.45) is 0 Å². The standard InChI is InChI=1S/C12H13NO5S2/c1-2-19(14,15)10-7-8-5-3-4-6-9(8)12(11(10)13)20(16,17)18/h3-7H,2,13H2,1H3,(H,16,17,18). The zero-order chi connectivity index (χ0) is 15.1. The zero-order valence-electron chi connectivity index (χ0n) is 10.6. The molecule has 0 aliphatic carbocycles. The predicted octanol–water partition coefficient (Wildman–Crippen LogP) is 1.46. The van der Waals surface area contributed by atoms with Crippen LogP contribution < -0.4 is 5.73 Å². The van der Waals surface area contributed by atoms with Gasteiger partial charge in [-0.15, -0.1) is 0 Å². The predicted molar refractivity (Wildman–Crippen MR) is 75.9 cm³/mol. The van der Waals surface area contributed by atoms with Crippen molar-refractivity contribution in [2.45, 2.75) is 16.7 Å². The molecule has 0 amide bonds. The van der Waals surface area contributed by atoms with Crippen LogP contribution >= 0.6 is 0 Å². The van der Waals surface area contributed by atoms with E-state index in [0.29, 0.717) is 5.39 Å². The van der Waals surface area contributed by atoms with Gasteiger partial charge in [0.25, 0.3) is 10.1 Å². The molecule has 0 bridgehead atoms. The summed E-state index contributed by atoms with van der Waals surface area (Å²) in [6, 6.07) is 7.53. The number of rotatable bonds is 3. The van der Waals surface area contributed by atoms with E-state index in [0.717, 1.165) is 0 Å². The molecule has 0 saturated heterocycles. The van der Waals surface area contributed by atoms with E-state index in [-0.39, 0.29) is 16.0 Å². The Bertz CT molecular complexity index is 885. The Morgan fingerprint density at radius 3 is 2.30 bits per heavy atom. The smallest absolute Gasteiger partial charge is 0.297 e. The van der Waals surface area contributed by atoms with Crippen LogP contribution in [0.4, 0.5) is 5.69 Å². The average molecular weight is 315 g/mol. The quantitative estimate of drug-likeness (QED) is 0.654. The van der Waals surface area contributed by atoms with Crippen LogP contribution in [0.15, 0.2) is 40.1 Å². The summed E-state index contributed by atoms with van der Waals surface area (Å²) >= 11 is 0. The summed E-state index contributed by atoms with van der Waals surface area (Å²) in [5, 5.41) is 0.559. The fourth-order valence-electron chi connectivity index (χ4n) is 2.00. The highest BCUT2D eigenvalue weighted by Crippen LogP contribution is 2.34. The normalized spacial score (nSPS) is 12.7. The van der Waals surface area contributed by atoms with Gasteiger partial charge >= 0.3 is 0 Å². The maximum Gasteiger partial charge on any atom is 0.297 e. The van der Waals surface area contributed by atoms with Crippen LogP contribution in [0, 0.1) is 0 Å². The monoisotopic (exact) mass is 315 g/mol. The Kier molecular flexibility index (Phi) is 3.49. The first kappa shape index (κ1) is 14.8. The van der Waals surface area contributed by atoms with Crippen molar-refractivity contribution in [3.8, 4) is 0 Å². The van der Waals surface area contributed by atoms with Gasteiger partial charge in [-0.25, -0.2) is 8.42 Å². The lowest BCUT2D eigenvalue weighted by molar-refractivity contribution is 0.484. The first-order valence-corrected chi connectivity index (χ1v) is 8.79. The summed E-state index contributed by atoms with van der Waals surface area (Å²) in [5.41, 5.74) is 5.23. The maximum atomic E-state index is 12.0. The van der Waals surface area contributed by atoms with Crippen molar-refractivity contribution < 1.29 is 21.4 Å². The van der Waals surface area contributed by atoms with Crippen molar-refractivity contribution in [2.75, 3.05) is 11.5 Å². The largest absolute Gasteiger partial charge is 0.397 e. The van der Waals surface area contributed by atoms with E-state index < -0.39 is 30.5 Å². The highest BCUT2D eigenvalue weighted by Gasteiger charge is 2.25. The summed E-state index contributed by atoms with van der Waals surface area (Å²) in [6.07, 6.45) is 0. The summed E-state index contributed by atoms with van der Waals surface area (Å²) in [7, 11) is -8.34. The van der Waals surface area contributed by atoms with Gasteiger partial charge in [0.05, 0.1) is 16.3 Å². The van der Waals surface area contributed by atoms with Crippen LogP contribution in [-0.2, 0) is 20.0 Å². The van der Waals surface area contributed by atoms with E-state index >= 15 is 0 Å². The molecule has 0 fully saturated rings. The maximum absolute atomic E-state index is 12.0. The summed E-state index contributed by atoms with van der Waals surface area (Å²) in [5.74, 6) is -0.222.